The summed E-state index contributed by atoms with van der Waals surface area (Å²) in [6, 6.07) is -0.772. The topological polar surface area (TPSA) is 81.8 Å². The van der Waals surface area contributed by atoms with Crippen molar-refractivity contribution in [3.63, 3.8) is 0 Å². The van der Waals surface area contributed by atoms with E-state index in [0.717, 1.165) is 26.1 Å². The molecule has 16 heavy (non-hydrogen) atoms. The van der Waals surface area contributed by atoms with Gasteiger partial charge < -0.3 is 20.3 Å². The number of carbonyl (C=O) groups is 1. The zero-order chi connectivity index (χ0) is 11.6. The summed E-state index contributed by atoms with van der Waals surface area (Å²) in [6.07, 6.45) is 2.51. The first-order valence-electron chi connectivity index (χ1n) is 5.78. The van der Waals surface area contributed by atoms with Gasteiger partial charge in [-0.2, -0.15) is 0 Å². The Kier molecular flexibility index (Phi) is 3.47. The van der Waals surface area contributed by atoms with Crippen molar-refractivity contribution in [1.82, 2.24) is 0 Å². The third-order valence-corrected chi connectivity index (χ3v) is 3.81. The molecule has 2 fully saturated rings. The van der Waals surface area contributed by atoms with Gasteiger partial charge in [-0.05, 0) is 25.2 Å². The van der Waals surface area contributed by atoms with Crippen LogP contribution in [0.5, 0.6) is 0 Å². The van der Waals surface area contributed by atoms with Crippen LogP contribution in [0, 0.1) is 11.3 Å². The molecule has 0 bridgehead atoms. The minimum Gasteiger partial charge on any atom is -0.480 e. The molecule has 92 valence electrons. The van der Waals surface area contributed by atoms with Crippen LogP contribution >= 0.6 is 0 Å². The molecule has 2 aliphatic rings. The molecule has 2 heterocycles. The molecule has 5 nitrogen and oxygen atoms in total. The molecule has 0 aliphatic carbocycles. The number of rotatable bonds is 4. The van der Waals surface area contributed by atoms with Crippen molar-refractivity contribution in [3.05, 3.63) is 0 Å². The van der Waals surface area contributed by atoms with E-state index in [1.165, 1.54) is 0 Å². The predicted octanol–water partition coefficient (Wildman–Crippen LogP) is 0.232. The van der Waals surface area contributed by atoms with Gasteiger partial charge in [0.05, 0.1) is 13.2 Å². The Morgan fingerprint density at radius 2 is 2.00 bits per heavy atom. The molecule has 0 spiro atoms. The molecule has 0 amide bonds. The SMILES string of the molecule is NC(CC1(C2CCOCC2)COC1)C(=O)O. The van der Waals surface area contributed by atoms with Crippen molar-refractivity contribution in [2.45, 2.75) is 25.3 Å². The molecule has 0 saturated carbocycles. The van der Waals surface area contributed by atoms with E-state index in [1.807, 2.05) is 0 Å². The highest BCUT2D eigenvalue weighted by atomic mass is 16.5. The molecule has 0 aromatic rings. The van der Waals surface area contributed by atoms with Gasteiger partial charge in [-0.3, -0.25) is 4.79 Å². The maximum Gasteiger partial charge on any atom is 0.320 e. The lowest BCUT2D eigenvalue weighted by Gasteiger charge is -2.49. The van der Waals surface area contributed by atoms with Gasteiger partial charge in [0.1, 0.15) is 6.04 Å². The Balaban J connectivity index is 1.98. The molecule has 1 atom stereocenters. The fraction of sp³-hybridized carbons (Fsp3) is 0.909. The highest BCUT2D eigenvalue weighted by Gasteiger charge is 2.47. The standard InChI is InChI=1S/C11H19NO4/c12-9(10(13)14)5-11(6-16-7-11)8-1-3-15-4-2-8/h8-9H,1-7,12H2,(H,13,14). The first-order chi connectivity index (χ1) is 7.64. The zero-order valence-corrected chi connectivity index (χ0v) is 9.35. The molecule has 1 unspecified atom stereocenters. The predicted molar refractivity (Wildman–Crippen MR) is 57.0 cm³/mol. The minimum absolute atomic E-state index is 0.0123. The smallest absolute Gasteiger partial charge is 0.320 e. The molecule has 0 aromatic heterocycles. The number of carboxylic acid groups (broad SMARTS) is 1. The van der Waals surface area contributed by atoms with E-state index in [1.54, 1.807) is 0 Å². The van der Waals surface area contributed by atoms with Gasteiger partial charge in [-0.1, -0.05) is 0 Å². The normalized spacial score (nSPS) is 27.1. The quantitative estimate of drug-likeness (QED) is 0.721. The van der Waals surface area contributed by atoms with Crippen LogP contribution in [0.2, 0.25) is 0 Å². The number of aliphatic carboxylic acids is 1. The lowest BCUT2D eigenvalue weighted by atomic mass is 9.67. The van der Waals surface area contributed by atoms with E-state index in [2.05, 4.69) is 0 Å². The van der Waals surface area contributed by atoms with Gasteiger partial charge in [-0.25, -0.2) is 0 Å². The third-order valence-electron chi connectivity index (χ3n) is 3.81. The van der Waals surface area contributed by atoms with Gasteiger partial charge in [0.25, 0.3) is 0 Å². The van der Waals surface area contributed by atoms with E-state index >= 15 is 0 Å². The number of nitrogens with two attached hydrogens (primary N) is 1. The highest BCUT2D eigenvalue weighted by Crippen LogP contribution is 2.44. The summed E-state index contributed by atoms with van der Waals surface area (Å²) in [7, 11) is 0. The highest BCUT2D eigenvalue weighted by molar-refractivity contribution is 5.73. The van der Waals surface area contributed by atoms with Gasteiger partial charge >= 0.3 is 5.97 Å². The van der Waals surface area contributed by atoms with Crippen molar-refractivity contribution in [3.8, 4) is 0 Å². The molecule has 0 radical (unpaired) electrons. The maximum atomic E-state index is 10.8. The first kappa shape index (κ1) is 11.8. The van der Waals surface area contributed by atoms with E-state index in [0.29, 0.717) is 25.6 Å². The molecule has 0 aromatic carbocycles. The summed E-state index contributed by atoms with van der Waals surface area (Å²) in [5, 5.41) is 8.87. The van der Waals surface area contributed by atoms with E-state index in [9.17, 15) is 4.79 Å². The van der Waals surface area contributed by atoms with E-state index in [-0.39, 0.29) is 5.41 Å². The average Bonchev–Trinajstić information content (AvgIpc) is 2.24. The number of ether oxygens (including phenoxy) is 2. The van der Waals surface area contributed by atoms with Crippen LogP contribution in [0.4, 0.5) is 0 Å². The van der Waals surface area contributed by atoms with Crippen LogP contribution in [0.25, 0.3) is 0 Å². The fourth-order valence-electron chi connectivity index (χ4n) is 2.72. The molecule has 2 rings (SSSR count). The van der Waals surface area contributed by atoms with Crippen LogP contribution < -0.4 is 5.73 Å². The van der Waals surface area contributed by atoms with Crippen molar-refractivity contribution in [2.75, 3.05) is 26.4 Å². The second-order valence-corrected chi connectivity index (χ2v) is 4.89. The lowest BCUT2D eigenvalue weighted by Crippen LogP contribution is -2.54. The Morgan fingerprint density at radius 3 is 2.44 bits per heavy atom. The number of carboxylic acids is 1. The molecule has 2 aliphatic heterocycles. The van der Waals surface area contributed by atoms with Crippen molar-refractivity contribution in [1.29, 1.82) is 0 Å². The largest absolute Gasteiger partial charge is 0.480 e. The first-order valence-corrected chi connectivity index (χ1v) is 5.78. The zero-order valence-electron chi connectivity index (χ0n) is 9.35. The maximum absolute atomic E-state index is 10.8. The van der Waals surface area contributed by atoms with Crippen molar-refractivity contribution >= 4 is 5.97 Å². The monoisotopic (exact) mass is 229 g/mol. The molecular formula is C11H19NO4. The Morgan fingerprint density at radius 1 is 1.38 bits per heavy atom. The van der Waals surface area contributed by atoms with Gasteiger partial charge in [0.2, 0.25) is 0 Å². The number of hydrogen-bond acceptors (Lipinski definition) is 4. The van der Waals surface area contributed by atoms with Gasteiger partial charge in [0.15, 0.2) is 0 Å². The van der Waals surface area contributed by atoms with Crippen molar-refractivity contribution in [2.24, 2.45) is 17.1 Å². The third kappa shape index (κ3) is 2.21. The molecule has 2 saturated heterocycles. The van der Waals surface area contributed by atoms with Crippen LogP contribution in [0.1, 0.15) is 19.3 Å². The second-order valence-electron chi connectivity index (χ2n) is 4.89. The molecular weight excluding hydrogens is 210 g/mol. The van der Waals surface area contributed by atoms with Crippen LogP contribution in [-0.4, -0.2) is 43.5 Å². The fourth-order valence-corrected chi connectivity index (χ4v) is 2.72. The Bertz CT molecular complexity index is 259. The van der Waals surface area contributed by atoms with E-state index in [4.69, 9.17) is 20.3 Å². The second kappa shape index (κ2) is 4.69. The summed E-state index contributed by atoms with van der Waals surface area (Å²) in [5.74, 6) is -0.418. The van der Waals surface area contributed by atoms with Crippen LogP contribution in [-0.2, 0) is 14.3 Å². The molecule has 5 heteroatoms. The summed E-state index contributed by atoms with van der Waals surface area (Å²) in [5.41, 5.74) is 5.62. The minimum atomic E-state index is -0.918. The average molecular weight is 229 g/mol. The van der Waals surface area contributed by atoms with Crippen molar-refractivity contribution < 1.29 is 19.4 Å². The van der Waals surface area contributed by atoms with Gasteiger partial charge in [0, 0.05) is 18.6 Å². The number of hydrogen-bond donors (Lipinski definition) is 2. The van der Waals surface area contributed by atoms with Crippen LogP contribution in [0.15, 0.2) is 0 Å². The van der Waals surface area contributed by atoms with Gasteiger partial charge in [-0.15, -0.1) is 0 Å². The summed E-state index contributed by atoms with van der Waals surface area (Å²) in [6.45, 7) is 2.85. The summed E-state index contributed by atoms with van der Waals surface area (Å²) in [4.78, 5) is 10.8. The Labute approximate surface area is 94.9 Å². The lowest BCUT2D eigenvalue weighted by molar-refractivity contribution is -0.173. The summed E-state index contributed by atoms with van der Waals surface area (Å²) < 4.78 is 10.6. The van der Waals surface area contributed by atoms with Crippen LogP contribution in [0.3, 0.4) is 0 Å². The summed E-state index contributed by atoms with van der Waals surface area (Å²) >= 11 is 0. The Hall–Kier alpha value is -0.650. The molecule has 3 N–H and O–H groups in total. The van der Waals surface area contributed by atoms with E-state index < -0.39 is 12.0 Å².